The van der Waals surface area contributed by atoms with Gasteiger partial charge in [-0.15, -0.1) is 6.42 Å². The van der Waals surface area contributed by atoms with Crippen molar-refractivity contribution in [2.24, 2.45) is 0 Å². The fourth-order valence-electron chi connectivity index (χ4n) is 1.62. The molecule has 15 heavy (non-hydrogen) atoms. The molecule has 1 aromatic rings. The molecule has 1 aliphatic rings. The molecule has 1 aliphatic heterocycles. The Balaban J connectivity index is 1.95. The minimum atomic E-state index is 0.392. The van der Waals surface area contributed by atoms with E-state index in [4.69, 9.17) is 11.2 Å². The first-order valence-electron chi connectivity index (χ1n) is 5.19. The molecular weight excluding hydrogens is 204 g/mol. The van der Waals surface area contributed by atoms with Crippen LogP contribution in [0.2, 0.25) is 0 Å². The Morgan fingerprint density at radius 3 is 2.47 bits per heavy atom. The molecule has 1 saturated heterocycles. The first-order chi connectivity index (χ1) is 7.38. The van der Waals surface area contributed by atoms with Gasteiger partial charge in [0, 0.05) is 5.56 Å². The van der Waals surface area contributed by atoms with Crippen molar-refractivity contribution >= 4 is 11.8 Å². The van der Waals surface area contributed by atoms with Crippen LogP contribution >= 0.6 is 11.8 Å². The highest BCUT2D eigenvalue weighted by Gasteiger charge is 2.14. The summed E-state index contributed by atoms with van der Waals surface area (Å²) in [7, 11) is 0. The smallest absolute Gasteiger partial charge is 0.119 e. The molecule has 0 aliphatic carbocycles. The number of hydrogen-bond donors (Lipinski definition) is 0. The van der Waals surface area contributed by atoms with E-state index >= 15 is 0 Å². The average molecular weight is 218 g/mol. The third kappa shape index (κ3) is 2.94. The molecule has 2 heteroatoms. The van der Waals surface area contributed by atoms with Gasteiger partial charge in [-0.1, -0.05) is 5.92 Å². The second-order valence-corrected chi connectivity index (χ2v) is 4.82. The van der Waals surface area contributed by atoms with E-state index in [2.05, 4.69) is 5.92 Å². The van der Waals surface area contributed by atoms with Crippen molar-refractivity contribution in [2.75, 3.05) is 11.5 Å². The van der Waals surface area contributed by atoms with E-state index in [1.807, 2.05) is 36.0 Å². The van der Waals surface area contributed by atoms with Gasteiger partial charge in [-0.05, 0) is 48.6 Å². The second-order valence-electron chi connectivity index (χ2n) is 3.60. The largest absolute Gasteiger partial charge is 0.490 e. The summed E-state index contributed by atoms with van der Waals surface area (Å²) in [6.45, 7) is 0. The highest BCUT2D eigenvalue weighted by atomic mass is 32.2. The Morgan fingerprint density at radius 1 is 1.20 bits per heavy atom. The van der Waals surface area contributed by atoms with Gasteiger partial charge in [0.1, 0.15) is 11.9 Å². The molecule has 0 amide bonds. The normalized spacial score (nSPS) is 17.0. The first-order valence-corrected chi connectivity index (χ1v) is 6.35. The Morgan fingerprint density at radius 2 is 1.87 bits per heavy atom. The summed E-state index contributed by atoms with van der Waals surface area (Å²) < 4.78 is 5.87. The maximum atomic E-state index is 5.87. The predicted octanol–water partition coefficient (Wildman–Crippen LogP) is 2.94. The molecule has 2 rings (SSSR count). The van der Waals surface area contributed by atoms with E-state index in [0.29, 0.717) is 6.10 Å². The number of hydrogen-bond acceptors (Lipinski definition) is 2. The minimum absolute atomic E-state index is 0.392. The molecule has 0 saturated carbocycles. The molecule has 0 N–H and O–H groups in total. The lowest BCUT2D eigenvalue weighted by molar-refractivity contribution is 0.192. The summed E-state index contributed by atoms with van der Waals surface area (Å²) in [6, 6.07) is 7.76. The van der Waals surface area contributed by atoms with Gasteiger partial charge in [0.2, 0.25) is 0 Å². The van der Waals surface area contributed by atoms with Crippen LogP contribution in [-0.2, 0) is 0 Å². The molecule has 1 fully saturated rings. The van der Waals surface area contributed by atoms with Gasteiger partial charge < -0.3 is 4.74 Å². The van der Waals surface area contributed by atoms with E-state index in [1.165, 1.54) is 11.5 Å². The standard InChI is InChI=1S/C13H14OS/c1-2-11-3-5-12(6-4-11)14-13-7-9-15-10-8-13/h1,3-6,13H,7-10H2. The van der Waals surface area contributed by atoms with Crippen molar-refractivity contribution in [3.63, 3.8) is 0 Å². The molecular formula is C13H14OS. The molecule has 0 bridgehead atoms. The molecule has 1 heterocycles. The highest BCUT2D eigenvalue weighted by Crippen LogP contribution is 2.22. The summed E-state index contributed by atoms with van der Waals surface area (Å²) in [6.07, 6.45) is 7.99. The number of thioether (sulfide) groups is 1. The zero-order valence-corrected chi connectivity index (χ0v) is 9.43. The van der Waals surface area contributed by atoms with Gasteiger partial charge in [0.25, 0.3) is 0 Å². The summed E-state index contributed by atoms with van der Waals surface area (Å²) in [4.78, 5) is 0. The van der Waals surface area contributed by atoms with Crippen molar-refractivity contribution in [3.05, 3.63) is 29.8 Å². The van der Waals surface area contributed by atoms with Crippen molar-refractivity contribution in [3.8, 4) is 18.1 Å². The van der Waals surface area contributed by atoms with Crippen molar-refractivity contribution < 1.29 is 4.74 Å². The van der Waals surface area contributed by atoms with Crippen LogP contribution in [-0.4, -0.2) is 17.6 Å². The lowest BCUT2D eigenvalue weighted by atomic mass is 10.2. The van der Waals surface area contributed by atoms with Gasteiger partial charge in [-0.3, -0.25) is 0 Å². The zero-order chi connectivity index (χ0) is 10.5. The second kappa shape index (κ2) is 5.14. The Hall–Kier alpha value is -1.07. The van der Waals surface area contributed by atoms with Crippen LogP contribution in [0.5, 0.6) is 5.75 Å². The summed E-state index contributed by atoms with van der Waals surface area (Å²) in [5, 5.41) is 0. The van der Waals surface area contributed by atoms with Gasteiger partial charge in [-0.25, -0.2) is 0 Å². The summed E-state index contributed by atoms with van der Waals surface area (Å²) in [5.74, 6) is 5.97. The molecule has 1 nitrogen and oxygen atoms in total. The topological polar surface area (TPSA) is 9.23 Å². The van der Waals surface area contributed by atoms with Crippen LogP contribution in [0, 0.1) is 12.3 Å². The Kier molecular flexibility index (Phi) is 3.58. The van der Waals surface area contributed by atoms with Gasteiger partial charge in [0.05, 0.1) is 0 Å². The average Bonchev–Trinajstić information content (AvgIpc) is 2.31. The number of terminal acetylenes is 1. The van der Waals surface area contributed by atoms with Crippen molar-refractivity contribution in [1.29, 1.82) is 0 Å². The molecule has 0 aromatic heterocycles. The van der Waals surface area contributed by atoms with Gasteiger partial charge in [-0.2, -0.15) is 11.8 Å². The highest BCUT2D eigenvalue weighted by molar-refractivity contribution is 7.99. The fraction of sp³-hybridized carbons (Fsp3) is 0.385. The van der Waals surface area contributed by atoms with E-state index in [-0.39, 0.29) is 0 Å². The predicted molar refractivity (Wildman–Crippen MR) is 65.4 cm³/mol. The SMILES string of the molecule is C#Cc1ccc(OC2CCSCC2)cc1. The monoisotopic (exact) mass is 218 g/mol. The van der Waals surface area contributed by atoms with Crippen LogP contribution in [0.15, 0.2) is 24.3 Å². The molecule has 78 valence electrons. The number of ether oxygens (including phenoxy) is 1. The third-order valence-corrected chi connectivity index (χ3v) is 3.54. The summed E-state index contributed by atoms with van der Waals surface area (Å²) in [5.41, 5.74) is 0.904. The molecule has 0 radical (unpaired) electrons. The van der Waals surface area contributed by atoms with Crippen molar-refractivity contribution in [1.82, 2.24) is 0 Å². The number of benzene rings is 1. The lowest BCUT2D eigenvalue weighted by Crippen LogP contribution is -2.21. The maximum absolute atomic E-state index is 5.87. The Bertz CT molecular complexity index is 344. The third-order valence-electron chi connectivity index (χ3n) is 2.49. The number of rotatable bonds is 2. The molecule has 0 spiro atoms. The van der Waals surface area contributed by atoms with E-state index in [0.717, 1.165) is 24.2 Å². The molecule has 0 unspecified atom stereocenters. The quantitative estimate of drug-likeness (QED) is 0.706. The zero-order valence-electron chi connectivity index (χ0n) is 8.61. The van der Waals surface area contributed by atoms with E-state index < -0.39 is 0 Å². The Labute approximate surface area is 95.2 Å². The van der Waals surface area contributed by atoms with Gasteiger partial charge in [0.15, 0.2) is 0 Å². The van der Waals surface area contributed by atoms with Crippen LogP contribution in [0.3, 0.4) is 0 Å². The van der Waals surface area contributed by atoms with Crippen molar-refractivity contribution in [2.45, 2.75) is 18.9 Å². The lowest BCUT2D eigenvalue weighted by Gasteiger charge is -2.22. The maximum Gasteiger partial charge on any atom is 0.119 e. The van der Waals surface area contributed by atoms with E-state index in [9.17, 15) is 0 Å². The van der Waals surface area contributed by atoms with Crippen LogP contribution < -0.4 is 4.74 Å². The van der Waals surface area contributed by atoms with E-state index in [1.54, 1.807) is 0 Å². The minimum Gasteiger partial charge on any atom is -0.490 e. The van der Waals surface area contributed by atoms with Crippen LogP contribution in [0.4, 0.5) is 0 Å². The van der Waals surface area contributed by atoms with Crippen LogP contribution in [0.1, 0.15) is 18.4 Å². The first kappa shape index (κ1) is 10.4. The van der Waals surface area contributed by atoms with Crippen LogP contribution in [0.25, 0.3) is 0 Å². The summed E-state index contributed by atoms with van der Waals surface area (Å²) >= 11 is 2.01. The molecule has 1 aromatic carbocycles. The molecule has 0 atom stereocenters. The fourth-order valence-corrected chi connectivity index (χ4v) is 2.68. The van der Waals surface area contributed by atoms with Gasteiger partial charge >= 0.3 is 0 Å².